The molecule has 4 rings (SSSR count). The summed E-state index contributed by atoms with van der Waals surface area (Å²) in [5.74, 6) is 1.84. The molecule has 0 spiro atoms. The lowest BCUT2D eigenvalue weighted by Crippen LogP contribution is -2.16. The number of methoxy groups -OCH3 is 1. The third-order valence-electron chi connectivity index (χ3n) is 5.03. The second kappa shape index (κ2) is 9.87. The van der Waals surface area contributed by atoms with Gasteiger partial charge in [-0.3, -0.25) is 9.59 Å². The maximum atomic E-state index is 12.4. The Morgan fingerprint density at radius 2 is 1.50 bits per heavy atom. The standard InChI is InChI=1S/C25H24N2O5/c1-30-21-10-8-20(9-11-21)27-25(29)18-4-6-19(7-5-18)26-24(28)13-3-17-2-12-22-23(16-17)32-15-14-31-22/h2,4-12,16H,3,13-15H2,1H3,(H,26,28)(H,27,29). The van der Waals surface area contributed by atoms with Crippen LogP contribution in [-0.4, -0.2) is 32.1 Å². The Kier molecular flexibility index (Phi) is 6.55. The molecule has 3 aromatic carbocycles. The van der Waals surface area contributed by atoms with Crippen LogP contribution in [0.4, 0.5) is 11.4 Å². The summed E-state index contributed by atoms with van der Waals surface area (Å²) in [5, 5.41) is 5.69. The maximum absolute atomic E-state index is 12.4. The first-order valence-electron chi connectivity index (χ1n) is 10.3. The fraction of sp³-hybridized carbons (Fsp3) is 0.200. The largest absolute Gasteiger partial charge is 0.497 e. The van der Waals surface area contributed by atoms with Gasteiger partial charge < -0.3 is 24.8 Å². The summed E-state index contributed by atoms with van der Waals surface area (Å²) in [4.78, 5) is 24.7. The quantitative estimate of drug-likeness (QED) is 0.582. The summed E-state index contributed by atoms with van der Waals surface area (Å²) in [6, 6.07) is 19.6. The topological polar surface area (TPSA) is 85.9 Å². The highest BCUT2D eigenvalue weighted by Crippen LogP contribution is 2.31. The average Bonchev–Trinajstić information content (AvgIpc) is 2.83. The summed E-state index contributed by atoms with van der Waals surface area (Å²) in [7, 11) is 1.59. The normalized spacial score (nSPS) is 12.0. The van der Waals surface area contributed by atoms with Gasteiger partial charge in [0.2, 0.25) is 5.91 Å². The van der Waals surface area contributed by atoms with Crippen LogP contribution < -0.4 is 24.8 Å². The second-order valence-corrected chi connectivity index (χ2v) is 7.29. The van der Waals surface area contributed by atoms with Gasteiger partial charge in [0.05, 0.1) is 7.11 Å². The van der Waals surface area contributed by atoms with Crippen molar-refractivity contribution in [1.29, 1.82) is 0 Å². The van der Waals surface area contributed by atoms with Crippen LogP contribution in [0, 0.1) is 0 Å². The van der Waals surface area contributed by atoms with Gasteiger partial charge in [-0.1, -0.05) is 6.07 Å². The van der Waals surface area contributed by atoms with E-state index in [4.69, 9.17) is 14.2 Å². The number of anilines is 2. The average molecular weight is 432 g/mol. The number of hydrogen-bond donors (Lipinski definition) is 2. The van der Waals surface area contributed by atoms with E-state index < -0.39 is 0 Å². The van der Waals surface area contributed by atoms with Crippen LogP contribution in [0.1, 0.15) is 22.3 Å². The Morgan fingerprint density at radius 1 is 0.844 bits per heavy atom. The summed E-state index contributed by atoms with van der Waals surface area (Å²) in [6.07, 6.45) is 0.921. The first kappa shape index (κ1) is 21.2. The van der Waals surface area contributed by atoms with E-state index in [-0.39, 0.29) is 11.8 Å². The van der Waals surface area contributed by atoms with Crippen molar-refractivity contribution in [3.05, 3.63) is 77.9 Å². The van der Waals surface area contributed by atoms with E-state index in [2.05, 4.69) is 10.6 Å². The number of nitrogens with one attached hydrogen (secondary N) is 2. The Bertz CT molecular complexity index is 1090. The number of fused-ring (bicyclic) bond motifs is 1. The SMILES string of the molecule is COc1ccc(NC(=O)c2ccc(NC(=O)CCc3ccc4c(c3)OCCO4)cc2)cc1. The molecule has 1 aliphatic heterocycles. The molecular formula is C25H24N2O5. The molecule has 1 heterocycles. The second-order valence-electron chi connectivity index (χ2n) is 7.29. The van der Waals surface area contributed by atoms with Gasteiger partial charge in [0.25, 0.3) is 5.91 Å². The molecule has 0 aliphatic carbocycles. The fourth-order valence-electron chi connectivity index (χ4n) is 3.31. The van der Waals surface area contributed by atoms with Crippen molar-refractivity contribution in [3.63, 3.8) is 0 Å². The molecule has 0 bridgehead atoms. The first-order valence-corrected chi connectivity index (χ1v) is 10.3. The fourth-order valence-corrected chi connectivity index (χ4v) is 3.31. The highest BCUT2D eigenvalue weighted by Gasteiger charge is 2.13. The van der Waals surface area contributed by atoms with Crippen molar-refractivity contribution < 1.29 is 23.8 Å². The zero-order valence-corrected chi connectivity index (χ0v) is 17.7. The Hall–Kier alpha value is -4.00. The monoisotopic (exact) mass is 432 g/mol. The summed E-state index contributed by atoms with van der Waals surface area (Å²) >= 11 is 0. The summed E-state index contributed by atoms with van der Waals surface area (Å²) < 4.78 is 16.2. The molecule has 2 N–H and O–H groups in total. The molecular weight excluding hydrogens is 408 g/mol. The van der Waals surface area contributed by atoms with E-state index in [0.29, 0.717) is 43.0 Å². The molecule has 2 amide bonds. The van der Waals surface area contributed by atoms with Gasteiger partial charge in [-0.05, 0) is 72.6 Å². The van der Waals surface area contributed by atoms with Crippen LogP contribution in [0.3, 0.4) is 0 Å². The van der Waals surface area contributed by atoms with Gasteiger partial charge in [-0.2, -0.15) is 0 Å². The number of benzene rings is 3. The lowest BCUT2D eigenvalue weighted by atomic mass is 10.1. The van der Waals surface area contributed by atoms with Crippen LogP contribution in [0.5, 0.6) is 17.2 Å². The highest BCUT2D eigenvalue weighted by atomic mass is 16.6. The third kappa shape index (κ3) is 5.37. The summed E-state index contributed by atoms with van der Waals surface area (Å²) in [6.45, 7) is 1.09. The van der Waals surface area contributed by atoms with Crippen molar-refractivity contribution in [2.24, 2.45) is 0 Å². The molecule has 0 atom stereocenters. The molecule has 0 fully saturated rings. The lowest BCUT2D eigenvalue weighted by molar-refractivity contribution is -0.116. The Labute approximate surface area is 186 Å². The van der Waals surface area contributed by atoms with E-state index in [1.54, 1.807) is 55.6 Å². The number of amides is 2. The van der Waals surface area contributed by atoms with Gasteiger partial charge in [0.1, 0.15) is 19.0 Å². The van der Waals surface area contributed by atoms with Crippen molar-refractivity contribution in [2.45, 2.75) is 12.8 Å². The number of carbonyl (C=O) groups is 2. The number of aryl methyl sites for hydroxylation is 1. The summed E-state index contributed by atoms with van der Waals surface area (Å²) in [5.41, 5.74) is 2.82. The molecule has 0 radical (unpaired) electrons. The van der Waals surface area contributed by atoms with Crippen molar-refractivity contribution in [3.8, 4) is 17.2 Å². The molecule has 1 aliphatic rings. The molecule has 0 saturated carbocycles. The molecule has 164 valence electrons. The molecule has 7 heteroatoms. The van der Waals surface area contributed by atoms with E-state index in [0.717, 1.165) is 22.8 Å². The number of carbonyl (C=O) groups excluding carboxylic acids is 2. The third-order valence-corrected chi connectivity index (χ3v) is 5.03. The number of ether oxygens (including phenoxy) is 3. The minimum atomic E-state index is -0.230. The molecule has 7 nitrogen and oxygen atoms in total. The van der Waals surface area contributed by atoms with Gasteiger partial charge in [-0.25, -0.2) is 0 Å². The van der Waals surface area contributed by atoms with E-state index in [1.807, 2.05) is 18.2 Å². The van der Waals surface area contributed by atoms with E-state index in [9.17, 15) is 9.59 Å². The number of hydrogen-bond acceptors (Lipinski definition) is 5. The minimum absolute atomic E-state index is 0.102. The van der Waals surface area contributed by atoms with Gasteiger partial charge in [0, 0.05) is 23.4 Å². The molecule has 0 unspecified atom stereocenters. The van der Waals surface area contributed by atoms with Gasteiger partial charge in [-0.15, -0.1) is 0 Å². The van der Waals surface area contributed by atoms with Crippen molar-refractivity contribution in [1.82, 2.24) is 0 Å². The van der Waals surface area contributed by atoms with Crippen molar-refractivity contribution >= 4 is 23.2 Å². The molecule has 32 heavy (non-hydrogen) atoms. The van der Waals surface area contributed by atoms with E-state index in [1.165, 1.54) is 0 Å². The van der Waals surface area contributed by atoms with Crippen LogP contribution in [0.2, 0.25) is 0 Å². The van der Waals surface area contributed by atoms with Crippen molar-refractivity contribution in [2.75, 3.05) is 31.0 Å². The predicted octanol–water partition coefficient (Wildman–Crippen LogP) is 4.29. The molecule has 0 aromatic heterocycles. The zero-order valence-electron chi connectivity index (χ0n) is 17.7. The van der Waals surface area contributed by atoms with Crippen LogP contribution in [0.15, 0.2) is 66.7 Å². The highest BCUT2D eigenvalue weighted by molar-refractivity contribution is 6.04. The zero-order chi connectivity index (χ0) is 22.3. The first-order chi connectivity index (χ1) is 15.6. The van der Waals surface area contributed by atoms with Crippen LogP contribution >= 0.6 is 0 Å². The Morgan fingerprint density at radius 3 is 2.22 bits per heavy atom. The van der Waals surface area contributed by atoms with Crippen LogP contribution in [0.25, 0.3) is 0 Å². The lowest BCUT2D eigenvalue weighted by Gasteiger charge is -2.18. The predicted molar refractivity (Wildman–Crippen MR) is 122 cm³/mol. The van der Waals surface area contributed by atoms with Crippen LogP contribution in [-0.2, 0) is 11.2 Å². The smallest absolute Gasteiger partial charge is 0.255 e. The van der Waals surface area contributed by atoms with Gasteiger partial charge >= 0.3 is 0 Å². The van der Waals surface area contributed by atoms with Gasteiger partial charge in [0.15, 0.2) is 11.5 Å². The van der Waals surface area contributed by atoms with E-state index >= 15 is 0 Å². The molecule has 0 saturated heterocycles. The molecule has 3 aromatic rings. The Balaban J connectivity index is 1.28. The number of rotatable bonds is 7. The minimum Gasteiger partial charge on any atom is -0.497 e. The maximum Gasteiger partial charge on any atom is 0.255 e.